The fraction of sp³-hybridized carbons (Fsp3) is 0.429. The van der Waals surface area contributed by atoms with Gasteiger partial charge in [-0.3, -0.25) is 0 Å². The number of unbranched alkanes of at least 4 members (excludes halogenated alkanes) is 1. The Bertz CT molecular complexity index is 506. The number of carbonyl (C=O) groups is 2. The fourth-order valence-corrected chi connectivity index (χ4v) is 1.61. The number of carboxylic acids is 1. The normalized spacial score (nSPS) is 11.7. The van der Waals surface area contributed by atoms with Crippen LogP contribution in [-0.4, -0.2) is 34.9 Å². The van der Waals surface area contributed by atoms with E-state index in [4.69, 9.17) is 14.9 Å². The molecule has 0 spiro atoms. The van der Waals surface area contributed by atoms with Gasteiger partial charge in [0.05, 0.1) is 6.61 Å². The summed E-state index contributed by atoms with van der Waals surface area (Å²) in [6.07, 6.45) is 0.422. The second kappa shape index (κ2) is 8.08. The predicted molar refractivity (Wildman–Crippen MR) is 72.6 cm³/mol. The third kappa shape index (κ3) is 5.68. The smallest absolute Gasteiger partial charge is 0.407 e. The van der Waals surface area contributed by atoms with Crippen molar-refractivity contribution >= 4 is 12.1 Å². The summed E-state index contributed by atoms with van der Waals surface area (Å²) in [5.74, 6) is -2.28. The number of aromatic hydroxyl groups is 1. The number of hydrogen-bond acceptors (Lipinski definition) is 4. The molecule has 1 unspecified atom stereocenters. The maximum absolute atomic E-state index is 13.6. The minimum atomic E-state index is -1.31. The van der Waals surface area contributed by atoms with Gasteiger partial charge in [0.25, 0.3) is 0 Å². The average molecular weight is 299 g/mol. The third-order valence-electron chi connectivity index (χ3n) is 2.78. The maximum atomic E-state index is 13.6. The molecule has 6 nitrogen and oxygen atoms in total. The molecule has 0 radical (unpaired) electrons. The molecule has 0 saturated carbocycles. The quantitative estimate of drug-likeness (QED) is 0.670. The molecule has 3 N–H and O–H groups in total. The number of alkyl carbamates (subject to hydrolysis) is 1. The zero-order valence-electron chi connectivity index (χ0n) is 11.6. The van der Waals surface area contributed by atoms with Crippen molar-refractivity contribution in [2.45, 2.75) is 32.2 Å². The number of phenols is 1. The Labute approximate surface area is 121 Å². The van der Waals surface area contributed by atoms with E-state index in [-0.39, 0.29) is 24.3 Å². The Morgan fingerprint density at radius 1 is 1.43 bits per heavy atom. The van der Waals surface area contributed by atoms with Crippen LogP contribution < -0.4 is 5.32 Å². The van der Waals surface area contributed by atoms with Crippen molar-refractivity contribution in [3.05, 3.63) is 29.6 Å². The molecule has 1 aromatic carbocycles. The number of hydrogen-bond donors (Lipinski definition) is 3. The van der Waals surface area contributed by atoms with Gasteiger partial charge in [-0.1, -0.05) is 19.4 Å². The first-order chi connectivity index (χ1) is 9.93. The molecule has 1 amide bonds. The number of carbonyl (C=O) groups excluding carboxylic acids is 1. The molecule has 0 aliphatic carbocycles. The van der Waals surface area contributed by atoms with E-state index in [2.05, 4.69) is 5.32 Å². The number of benzene rings is 1. The summed E-state index contributed by atoms with van der Waals surface area (Å²) in [5.41, 5.74) is 0.0778. The highest BCUT2D eigenvalue weighted by Crippen LogP contribution is 2.16. The van der Waals surface area contributed by atoms with E-state index < -0.39 is 23.9 Å². The second-order valence-corrected chi connectivity index (χ2v) is 4.50. The van der Waals surface area contributed by atoms with E-state index in [0.717, 1.165) is 12.5 Å². The lowest BCUT2D eigenvalue weighted by atomic mass is 10.1. The molecule has 0 bridgehead atoms. The van der Waals surface area contributed by atoms with Crippen molar-refractivity contribution in [1.82, 2.24) is 5.32 Å². The molecule has 0 fully saturated rings. The fourth-order valence-electron chi connectivity index (χ4n) is 1.61. The zero-order valence-corrected chi connectivity index (χ0v) is 11.6. The Balaban J connectivity index is 2.65. The van der Waals surface area contributed by atoms with Gasteiger partial charge in [-0.2, -0.15) is 0 Å². The molecule has 116 valence electrons. The summed E-state index contributed by atoms with van der Waals surface area (Å²) in [4.78, 5) is 22.5. The number of rotatable bonds is 7. The molecule has 0 heterocycles. The number of amides is 1. The van der Waals surface area contributed by atoms with Gasteiger partial charge in [0.1, 0.15) is 17.6 Å². The average Bonchev–Trinajstić information content (AvgIpc) is 2.41. The molecule has 1 rings (SSSR count). The summed E-state index contributed by atoms with van der Waals surface area (Å²) < 4.78 is 18.4. The summed E-state index contributed by atoms with van der Waals surface area (Å²) in [6, 6.07) is 2.09. The molecule has 0 aliphatic rings. The number of ether oxygens (including phenoxy) is 1. The van der Waals surface area contributed by atoms with Crippen LogP contribution in [-0.2, 0) is 16.0 Å². The standard InChI is InChI=1S/C14H18FNO5/c1-2-3-6-21-14(20)16-12(13(18)19)7-9-4-5-10(17)8-11(9)15/h4-5,8,12,17H,2-3,6-7H2,1H3,(H,16,20)(H,18,19). The number of nitrogens with one attached hydrogen (secondary N) is 1. The Morgan fingerprint density at radius 2 is 2.14 bits per heavy atom. The van der Waals surface area contributed by atoms with Crippen LogP contribution in [0.15, 0.2) is 18.2 Å². The van der Waals surface area contributed by atoms with E-state index in [0.29, 0.717) is 6.42 Å². The van der Waals surface area contributed by atoms with Gasteiger partial charge in [0.2, 0.25) is 0 Å². The molecule has 21 heavy (non-hydrogen) atoms. The predicted octanol–water partition coefficient (Wildman–Crippen LogP) is 2.05. The first kappa shape index (κ1) is 16.7. The largest absolute Gasteiger partial charge is 0.508 e. The van der Waals surface area contributed by atoms with Gasteiger partial charge in [-0.05, 0) is 18.1 Å². The summed E-state index contributed by atoms with van der Waals surface area (Å²) in [6.45, 7) is 2.12. The highest BCUT2D eigenvalue weighted by molar-refractivity contribution is 5.80. The van der Waals surface area contributed by atoms with Crippen LogP contribution in [0.4, 0.5) is 9.18 Å². The first-order valence-electron chi connectivity index (χ1n) is 6.57. The van der Waals surface area contributed by atoms with Crippen LogP contribution in [0.2, 0.25) is 0 Å². The van der Waals surface area contributed by atoms with Crippen molar-refractivity contribution in [2.75, 3.05) is 6.61 Å². The molecule has 0 saturated heterocycles. The van der Waals surface area contributed by atoms with Crippen LogP contribution in [0.3, 0.4) is 0 Å². The Kier molecular flexibility index (Phi) is 6.45. The lowest BCUT2D eigenvalue weighted by Crippen LogP contribution is -2.42. The number of aliphatic carboxylic acids is 1. The number of carboxylic acid groups (broad SMARTS) is 1. The van der Waals surface area contributed by atoms with Gasteiger partial charge < -0.3 is 20.3 Å². The Hall–Kier alpha value is -2.31. The van der Waals surface area contributed by atoms with Gasteiger partial charge in [0.15, 0.2) is 0 Å². The SMILES string of the molecule is CCCCOC(=O)NC(Cc1ccc(O)cc1F)C(=O)O. The molecular weight excluding hydrogens is 281 g/mol. The lowest BCUT2D eigenvalue weighted by Gasteiger charge is -2.15. The maximum Gasteiger partial charge on any atom is 0.407 e. The first-order valence-corrected chi connectivity index (χ1v) is 6.57. The Morgan fingerprint density at radius 3 is 2.71 bits per heavy atom. The van der Waals surface area contributed by atoms with Gasteiger partial charge in [0, 0.05) is 12.5 Å². The van der Waals surface area contributed by atoms with E-state index in [1.807, 2.05) is 6.92 Å². The van der Waals surface area contributed by atoms with Crippen LogP contribution in [0.25, 0.3) is 0 Å². The molecular formula is C14H18FNO5. The van der Waals surface area contributed by atoms with Crippen molar-refractivity contribution in [1.29, 1.82) is 0 Å². The highest BCUT2D eigenvalue weighted by atomic mass is 19.1. The number of phenolic OH excluding ortho intramolecular Hbond substituents is 1. The van der Waals surface area contributed by atoms with Crippen LogP contribution in [0.5, 0.6) is 5.75 Å². The van der Waals surface area contributed by atoms with Gasteiger partial charge in [-0.15, -0.1) is 0 Å². The topological polar surface area (TPSA) is 95.9 Å². The van der Waals surface area contributed by atoms with Crippen LogP contribution in [0, 0.1) is 5.82 Å². The summed E-state index contributed by atoms with van der Waals surface area (Å²) >= 11 is 0. The van der Waals surface area contributed by atoms with E-state index in [9.17, 15) is 14.0 Å². The van der Waals surface area contributed by atoms with Crippen molar-refractivity contribution in [3.8, 4) is 5.75 Å². The summed E-state index contributed by atoms with van der Waals surface area (Å²) in [7, 11) is 0. The van der Waals surface area contributed by atoms with Crippen molar-refractivity contribution in [3.63, 3.8) is 0 Å². The van der Waals surface area contributed by atoms with Gasteiger partial charge >= 0.3 is 12.1 Å². The van der Waals surface area contributed by atoms with Crippen LogP contribution in [0.1, 0.15) is 25.3 Å². The van der Waals surface area contributed by atoms with Crippen molar-refractivity contribution in [2.24, 2.45) is 0 Å². The molecule has 1 atom stereocenters. The molecule has 0 aromatic heterocycles. The lowest BCUT2D eigenvalue weighted by molar-refractivity contribution is -0.139. The van der Waals surface area contributed by atoms with E-state index >= 15 is 0 Å². The summed E-state index contributed by atoms with van der Waals surface area (Å²) in [5, 5.41) is 20.3. The minimum Gasteiger partial charge on any atom is -0.508 e. The minimum absolute atomic E-state index is 0.0778. The van der Waals surface area contributed by atoms with E-state index in [1.165, 1.54) is 12.1 Å². The third-order valence-corrected chi connectivity index (χ3v) is 2.78. The van der Waals surface area contributed by atoms with Crippen molar-refractivity contribution < 1.29 is 28.9 Å². The molecule has 0 aliphatic heterocycles. The zero-order chi connectivity index (χ0) is 15.8. The van der Waals surface area contributed by atoms with Crippen LogP contribution >= 0.6 is 0 Å². The monoisotopic (exact) mass is 299 g/mol. The highest BCUT2D eigenvalue weighted by Gasteiger charge is 2.22. The molecule has 1 aromatic rings. The second-order valence-electron chi connectivity index (χ2n) is 4.50. The molecule has 7 heteroatoms. The van der Waals surface area contributed by atoms with E-state index in [1.54, 1.807) is 0 Å². The van der Waals surface area contributed by atoms with Gasteiger partial charge in [-0.25, -0.2) is 14.0 Å². The number of halogens is 1.